The molecule has 1 aromatic heterocycles. The zero-order valence-corrected chi connectivity index (χ0v) is 16.4. The summed E-state index contributed by atoms with van der Waals surface area (Å²) >= 11 is 0. The molecule has 0 N–H and O–H groups in total. The van der Waals surface area contributed by atoms with E-state index in [1.165, 1.54) is 22.5 Å². The van der Waals surface area contributed by atoms with Gasteiger partial charge in [0, 0.05) is 18.5 Å². The number of nitriles is 1. The molecule has 148 valence electrons. The predicted molar refractivity (Wildman–Crippen MR) is 108 cm³/mol. The third-order valence-corrected chi connectivity index (χ3v) is 5.89. The summed E-state index contributed by atoms with van der Waals surface area (Å²) < 4.78 is 46.3. The monoisotopic (exact) mass is 411 g/mol. The molecule has 6 nitrogen and oxygen atoms in total. The Hall–Kier alpha value is -3.44. The number of halogens is 1. The lowest BCUT2D eigenvalue weighted by atomic mass is 10.2. The van der Waals surface area contributed by atoms with Crippen molar-refractivity contribution in [2.45, 2.75) is 13.5 Å². The first-order chi connectivity index (χ1) is 13.9. The van der Waals surface area contributed by atoms with Crippen molar-refractivity contribution in [1.29, 1.82) is 5.26 Å². The van der Waals surface area contributed by atoms with Crippen molar-refractivity contribution in [3.63, 3.8) is 0 Å². The summed E-state index contributed by atoms with van der Waals surface area (Å²) in [6, 6.07) is 15.7. The minimum atomic E-state index is -3.58. The van der Waals surface area contributed by atoms with Gasteiger partial charge < -0.3 is 4.74 Å². The Morgan fingerprint density at radius 1 is 1.17 bits per heavy atom. The molecule has 0 aliphatic rings. The Balaban J connectivity index is 1.93. The maximum absolute atomic E-state index is 14.1. The van der Waals surface area contributed by atoms with Crippen molar-refractivity contribution < 1.29 is 17.5 Å². The van der Waals surface area contributed by atoms with E-state index in [1.54, 1.807) is 49.6 Å². The van der Waals surface area contributed by atoms with Gasteiger partial charge in [0.2, 0.25) is 10.0 Å². The highest BCUT2D eigenvalue weighted by molar-refractivity contribution is 7.92. The Kier molecular flexibility index (Phi) is 6.10. The van der Waals surface area contributed by atoms with Gasteiger partial charge in [0.05, 0.1) is 29.6 Å². The summed E-state index contributed by atoms with van der Waals surface area (Å²) in [5, 5.41) is 8.84. The SMILES string of the molecule is CCS(=O)(=O)N(Cc1cccnc1)c1cccc(Oc2ccc(C#N)cc2F)c1. The van der Waals surface area contributed by atoms with Gasteiger partial charge in [0.1, 0.15) is 5.75 Å². The number of nitrogens with zero attached hydrogens (tertiary/aromatic N) is 3. The highest BCUT2D eigenvalue weighted by atomic mass is 32.2. The first-order valence-electron chi connectivity index (χ1n) is 8.80. The van der Waals surface area contributed by atoms with Crippen LogP contribution in [0.15, 0.2) is 67.0 Å². The van der Waals surface area contributed by atoms with Crippen molar-refractivity contribution >= 4 is 15.7 Å². The number of hydrogen-bond donors (Lipinski definition) is 0. The van der Waals surface area contributed by atoms with Gasteiger partial charge >= 0.3 is 0 Å². The smallest absolute Gasteiger partial charge is 0.235 e. The van der Waals surface area contributed by atoms with E-state index in [0.717, 1.165) is 11.6 Å². The quantitative estimate of drug-likeness (QED) is 0.581. The van der Waals surface area contributed by atoms with Crippen molar-refractivity contribution in [3.05, 3.63) is 83.9 Å². The van der Waals surface area contributed by atoms with Crippen molar-refractivity contribution in [2.24, 2.45) is 0 Å². The second kappa shape index (κ2) is 8.71. The first kappa shape index (κ1) is 20.3. The van der Waals surface area contributed by atoms with Crippen LogP contribution in [0.2, 0.25) is 0 Å². The average molecular weight is 411 g/mol. The van der Waals surface area contributed by atoms with Crippen LogP contribution in [0.3, 0.4) is 0 Å². The number of hydrogen-bond acceptors (Lipinski definition) is 5. The molecule has 0 bridgehead atoms. The number of rotatable bonds is 7. The summed E-state index contributed by atoms with van der Waals surface area (Å²) in [4.78, 5) is 4.03. The number of anilines is 1. The molecule has 3 rings (SSSR count). The molecule has 0 radical (unpaired) electrons. The topological polar surface area (TPSA) is 83.3 Å². The van der Waals surface area contributed by atoms with E-state index in [-0.39, 0.29) is 29.4 Å². The number of pyridine rings is 1. The molecule has 8 heteroatoms. The standard InChI is InChI=1S/C21H18FN3O3S/c1-2-29(26,27)25(15-17-5-4-10-24-14-17)18-6-3-7-19(12-18)28-21-9-8-16(13-23)11-20(21)22/h3-12,14H,2,15H2,1H3. The van der Waals surface area contributed by atoms with Crippen molar-refractivity contribution in [2.75, 3.05) is 10.1 Å². The lowest BCUT2D eigenvalue weighted by molar-refractivity contribution is 0.442. The minimum Gasteiger partial charge on any atom is -0.454 e. The fraction of sp³-hybridized carbons (Fsp3) is 0.143. The molecule has 0 unspecified atom stereocenters. The van der Waals surface area contributed by atoms with Crippen LogP contribution in [0.1, 0.15) is 18.1 Å². The predicted octanol–water partition coefficient (Wildman–Crippen LogP) is 4.24. The summed E-state index contributed by atoms with van der Waals surface area (Å²) in [5.74, 6) is -0.544. The second-order valence-electron chi connectivity index (χ2n) is 6.12. The van der Waals surface area contributed by atoms with E-state index < -0.39 is 15.8 Å². The molecule has 0 saturated heterocycles. The lowest BCUT2D eigenvalue weighted by Gasteiger charge is -2.24. The summed E-state index contributed by atoms with van der Waals surface area (Å²) in [5.41, 5.74) is 1.30. The number of benzene rings is 2. The van der Waals surface area contributed by atoms with Crippen LogP contribution < -0.4 is 9.04 Å². The van der Waals surface area contributed by atoms with Gasteiger partial charge in [-0.3, -0.25) is 9.29 Å². The summed E-state index contributed by atoms with van der Waals surface area (Å²) in [7, 11) is -3.58. The van der Waals surface area contributed by atoms with Crippen LogP contribution in [-0.4, -0.2) is 19.2 Å². The van der Waals surface area contributed by atoms with Crippen LogP contribution in [0.25, 0.3) is 0 Å². The summed E-state index contributed by atoms with van der Waals surface area (Å²) in [6.45, 7) is 1.68. The van der Waals surface area contributed by atoms with E-state index in [0.29, 0.717) is 5.69 Å². The molecule has 3 aromatic rings. The zero-order valence-electron chi connectivity index (χ0n) is 15.6. The van der Waals surface area contributed by atoms with Crippen molar-refractivity contribution in [3.8, 4) is 17.6 Å². The zero-order chi connectivity index (χ0) is 20.9. The number of aromatic nitrogens is 1. The van der Waals surface area contributed by atoms with Gasteiger partial charge in [-0.15, -0.1) is 0 Å². The molecule has 0 aliphatic heterocycles. The van der Waals surface area contributed by atoms with Gasteiger partial charge in [-0.05, 0) is 48.9 Å². The first-order valence-corrected chi connectivity index (χ1v) is 10.4. The van der Waals surface area contributed by atoms with E-state index in [1.807, 2.05) is 6.07 Å². The highest BCUT2D eigenvalue weighted by Crippen LogP contribution is 2.30. The number of sulfonamides is 1. The van der Waals surface area contributed by atoms with E-state index >= 15 is 0 Å². The molecule has 0 fully saturated rings. The van der Waals surface area contributed by atoms with Gasteiger partial charge in [-0.2, -0.15) is 5.26 Å². The molecular weight excluding hydrogens is 393 g/mol. The Bertz CT molecular complexity index is 1150. The van der Waals surface area contributed by atoms with Gasteiger partial charge in [-0.1, -0.05) is 12.1 Å². The molecule has 0 saturated carbocycles. The Morgan fingerprint density at radius 3 is 2.66 bits per heavy atom. The molecule has 0 aliphatic carbocycles. The Labute approximate surface area is 168 Å². The van der Waals surface area contributed by atoms with Gasteiger partial charge in [0.25, 0.3) is 0 Å². The van der Waals surface area contributed by atoms with Crippen LogP contribution in [0, 0.1) is 17.1 Å². The number of ether oxygens (including phenoxy) is 1. The Morgan fingerprint density at radius 2 is 2.00 bits per heavy atom. The van der Waals surface area contributed by atoms with E-state index in [4.69, 9.17) is 10.00 Å². The fourth-order valence-corrected chi connectivity index (χ4v) is 3.74. The van der Waals surface area contributed by atoms with Crippen LogP contribution in [-0.2, 0) is 16.6 Å². The lowest BCUT2D eigenvalue weighted by Crippen LogP contribution is -2.31. The van der Waals surface area contributed by atoms with Crippen LogP contribution >= 0.6 is 0 Å². The fourth-order valence-electron chi connectivity index (χ4n) is 2.65. The minimum absolute atomic E-state index is 0.0571. The van der Waals surface area contributed by atoms with E-state index in [9.17, 15) is 12.8 Å². The molecule has 2 aromatic carbocycles. The molecule has 0 amide bonds. The van der Waals surface area contributed by atoms with Crippen LogP contribution in [0.5, 0.6) is 11.5 Å². The summed E-state index contributed by atoms with van der Waals surface area (Å²) in [6.07, 6.45) is 3.22. The third-order valence-electron chi connectivity index (χ3n) is 4.14. The maximum atomic E-state index is 14.1. The van der Waals surface area contributed by atoms with Gasteiger partial charge in [0.15, 0.2) is 11.6 Å². The third kappa shape index (κ3) is 4.89. The molecular formula is C21H18FN3O3S. The largest absolute Gasteiger partial charge is 0.454 e. The molecule has 0 spiro atoms. The maximum Gasteiger partial charge on any atom is 0.235 e. The van der Waals surface area contributed by atoms with Gasteiger partial charge in [-0.25, -0.2) is 12.8 Å². The molecule has 1 heterocycles. The van der Waals surface area contributed by atoms with Crippen LogP contribution in [0.4, 0.5) is 10.1 Å². The highest BCUT2D eigenvalue weighted by Gasteiger charge is 2.21. The second-order valence-corrected chi connectivity index (χ2v) is 8.31. The normalized spacial score (nSPS) is 10.9. The van der Waals surface area contributed by atoms with E-state index in [2.05, 4.69) is 4.98 Å². The van der Waals surface area contributed by atoms with Crippen molar-refractivity contribution in [1.82, 2.24) is 4.98 Å². The average Bonchev–Trinajstić information content (AvgIpc) is 2.74. The molecule has 0 atom stereocenters. The molecule has 29 heavy (non-hydrogen) atoms.